The summed E-state index contributed by atoms with van der Waals surface area (Å²) < 4.78 is 6.74. The van der Waals surface area contributed by atoms with Crippen LogP contribution in [0.25, 0.3) is 5.57 Å². The predicted octanol–water partition coefficient (Wildman–Crippen LogP) is 2.40. The van der Waals surface area contributed by atoms with E-state index in [1.165, 1.54) is 0 Å². The van der Waals surface area contributed by atoms with Crippen molar-refractivity contribution < 1.29 is 19.0 Å². The number of quaternary nitrogens is 1. The molecule has 1 saturated carbocycles. The molecule has 1 atom stereocenters. The third kappa shape index (κ3) is 6.83. The number of nitrogens with one attached hydrogen (secondary N) is 2. The van der Waals surface area contributed by atoms with Crippen LogP contribution < -0.4 is 15.3 Å². The maximum atomic E-state index is 12.7. The van der Waals surface area contributed by atoms with Crippen molar-refractivity contribution in [3.63, 3.8) is 0 Å². The Kier molecular flexibility index (Phi) is 7.84. The van der Waals surface area contributed by atoms with Gasteiger partial charge in [-0.3, -0.25) is 4.79 Å². The van der Waals surface area contributed by atoms with E-state index in [2.05, 4.69) is 38.4 Å². The maximum Gasteiger partial charge on any atom is 0.547 e. The number of hydrogen-bond donors (Lipinski definition) is 3. The number of amides is 1. The number of nitrogens with zero attached hydrogens (tertiary/aromatic N) is 1. The molecule has 2 aliphatic rings. The Balaban J connectivity index is 1.44. The fourth-order valence-electron chi connectivity index (χ4n) is 4.59. The van der Waals surface area contributed by atoms with Crippen molar-refractivity contribution in [3.05, 3.63) is 35.9 Å². The second kappa shape index (κ2) is 10.2. The first-order valence-electron chi connectivity index (χ1n) is 11.6. The van der Waals surface area contributed by atoms with Gasteiger partial charge < -0.3 is 24.8 Å². The number of benzene rings is 1. The van der Waals surface area contributed by atoms with Crippen LogP contribution in [0.3, 0.4) is 0 Å². The molecular weight excluding hydrogens is 389 g/mol. The van der Waals surface area contributed by atoms with E-state index in [1.54, 1.807) is 0 Å². The first-order chi connectivity index (χ1) is 14.6. The van der Waals surface area contributed by atoms with E-state index in [-0.39, 0.29) is 5.91 Å². The van der Waals surface area contributed by atoms with Crippen LogP contribution in [0.5, 0.6) is 5.75 Å². The molecule has 1 heterocycles. The zero-order valence-corrected chi connectivity index (χ0v) is 19.6. The lowest BCUT2D eigenvalue weighted by Crippen LogP contribution is -2.53. The second-order valence-corrected chi connectivity index (χ2v) is 10.4. The normalized spacial score (nSPS) is 23.6. The number of carbonyl (C=O) groups excluding carboxylic acids is 1. The molecule has 1 aromatic carbocycles. The predicted molar refractivity (Wildman–Crippen MR) is 127 cm³/mol. The zero-order valence-electron chi connectivity index (χ0n) is 19.6. The molecular formula is C24H39BN3O3+. The van der Waals surface area contributed by atoms with Gasteiger partial charge in [0.2, 0.25) is 5.91 Å². The Morgan fingerprint density at radius 3 is 2.61 bits per heavy atom. The van der Waals surface area contributed by atoms with Gasteiger partial charge in [-0.2, -0.15) is 0 Å². The smallest absolute Gasteiger partial charge is 0.534 e. The number of allylic oxidation sites excluding steroid dienone is 1. The van der Waals surface area contributed by atoms with Crippen molar-refractivity contribution in [1.29, 1.82) is 0 Å². The van der Waals surface area contributed by atoms with Gasteiger partial charge in [0, 0.05) is 24.6 Å². The highest BCUT2D eigenvalue weighted by Gasteiger charge is 2.37. The first-order valence-corrected chi connectivity index (χ1v) is 11.6. The van der Waals surface area contributed by atoms with Crippen LogP contribution in [0.15, 0.2) is 24.8 Å². The summed E-state index contributed by atoms with van der Waals surface area (Å²) in [5.41, 5.74) is 2.80. The number of rotatable bonds is 8. The van der Waals surface area contributed by atoms with Crippen LogP contribution in [0, 0.1) is 5.92 Å². The number of fused-ring (bicyclic) bond motifs is 1. The van der Waals surface area contributed by atoms with Gasteiger partial charge in [-0.1, -0.05) is 24.8 Å². The van der Waals surface area contributed by atoms with E-state index in [1.807, 2.05) is 25.1 Å². The minimum atomic E-state index is -1.04. The van der Waals surface area contributed by atoms with Gasteiger partial charge in [0.05, 0.1) is 33.6 Å². The summed E-state index contributed by atoms with van der Waals surface area (Å²) in [6, 6.07) is 6.47. The second-order valence-electron chi connectivity index (χ2n) is 10.4. The molecule has 6 nitrogen and oxygen atoms in total. The zero-order chi connectivity index (χ0) is 22.6. The summed E-state index contributed by atoms with van der Waals surface area (Å²) in [7, 11) is 5.59. The number of hydrogen-bond acceptors (Lipinski definition) is 4. The van der Waals surface area contributed by atoms with Crippen LogP contribution in [-0.2, 0) is 11.2 Å². The maximum absolute atomic E-state index is 12.7. The van der Waals surface area contributed by atoms with E-state index in [4.69, 9.17) is 4.65 Å². The summed E-state index contributed by atoms with van der Waals surface area (Å²) >= 11 is 0. The van der Waals surface area contributed by atoms with Crippen molar-refractivity contribution in [2.24, 2.45) is 5.92 Å². The molecule has 1 amide bonds. The highest BCUT2D eigenvalue weighted by atomic mass is 16.5. The summed E-state index contributed by atoms with van der Waals surface area (Å²) in [5, 5.41) is 17.2. The number of carbonyl (C=O) groups is 1. The van der Waals surface area contributed by atoms with Crippen LogP contribution in [0.2, 0.25) is 0 Å². The Morgan fingerprint density at radius 2 is 1.97 bits per heavy atom. The fraction of sp³-hybridized carbons (Fsp3) is 0.625. The molecule has 0 spiro atoms. The van der Waals surface area contributed by atoms with E-state index in [0.717, 1.165) is 60.0 Å². The highest BCUT2D eigenvalue weighted by molar-refractivity contribution is 6.46. The van der Waals surface area contributed by atoms with Gasteiger partial charge in [-0.15, -0.1) is 0 Å². The van der Waals surface area contributed by atoms with Crippen molar-refractivity contribution in [3.8, 4) is 5.75 Å². The molecule has 1 fully saturated rings. The van der Waals surface area contributed by atoms with Crippen LogP contribution in [-0.4, -0.2) is 68.7 Å². The first kappa shape index (κ1) is 23.8. The van der Waals surface area contributed by atoms with E-state index in [0.29, 0.717) is 30.6 Å². The third-order valence-corrected chi connectivity index (χ3v) is 6.46. The standard InChI is InChI=1S/C24H38BN3O3/c1-17(2)21-8-6-7-19-16-22(25(30)31-24(19)21)27-23(29)15-18-9-11-20(12-10-18)26-13-14-28(3,4)5/h6-8,18,20,22,26,30H,1,9-16H2,2-5H3/p+1. The molecule has 0 radical (unpaired) electrons. The number of likely N-dealkylation sites (N-methyl/N-ethyl adjacent to an activating group) is 1. The van der Waals surface area contributed by atoms with Crippen LogP contribution in [0.4, 0.5) is 0 Å². The molecule has 3 N–H and O–H groups in total. The van der Waals surface area contributed by atoms with E-state index < -0.39 is 13.1 Å². The van der Waals surface area contributed by atoms with E-state index >= 15 is 0 Å². The van der Waals surface area contributed by atoms with Gasteiger partial charge in [0.1, 0.15) is 5.75 Å². The average molecular weight is 428 g/mol. The molecule has 0 bridgehead atoms. The minimum absolute atomic E-state index is 0.00796. The van der Waals surface area contributed by atoms with Gasteiger partial charge in [-0.05, 0) is 56.1 Å². The average Bonchev–Trinajstić information content (AvgIpc) is 2.68. The molecule has 1 aliphatic carbocycles. The Morgan fingerprint density at radius 1 is 1.26 bits per heavy atom. The molecule has 1 aliphatic heterocycles. The van der Waals surface area contributed by atoms with Crippen LogP contribution in [0.1, 0.15) is 50.2 Å². The fourth-order valence-corrected chi connectivity index (χ4v) is 4.59. The topological polar surface area (TPSA) is 70.6 Å². The molecule has 7 heteroatoms. The van der Waals surface area contributed by atoms with Gasteiger partial charge in [0.15, 0.2) is 0 Å². The Hall–Kier alpha value is -1.83. The molecule has 170 valence electrons. The SMILES string of the molecule is C=C(C)c1cccc2c1OB(O)C(NC(=O)CC1CCC(NCC[N+](C)(C)C)CC1)C2. The van der Waals surface area contributed by atoms with Crippen molar-refractivity contribution >= 4 is 18.6 Å². The molecule has 0 aromatic heterocycles. The lowest BCUT2D eigenvalue weighted by molar-refractivity contribution is -0.869. The molecule has 3 rings (SSSR count). The van der Waals surface area contributed by atoms with Gasteiger partial charge in [0.25, 0.3) is 0 Å². The van der Waals surface area contributed by atoms with Gasteiger partial charge in [-0.25, -0.2) is 0 Å². The quantitative estimate of drug-likeness (QED) is 0.439. The van der Waals surface area contributed by atoms with E-state index in [9.17, 15) is 9.82 Å². The van der Waals surface area contributed by atoms with Crippen molar-refractivity contribution in [1.82, 2.24) is 10.6 Å². The van der Waals surface area contributed by atoms with Crippen molar-refractivity contribution in [2.45, 2.75) is 57.4 Å². The Bertz CT molecular complexity index is 785. The highest BCUT2D eigenvalue weighted by Crippen LogP contribution is 2.33. The molecule has 1 unspecified atom stereocenters. The van der Waals surface area contributed by atoms with Crippen molar-refractivity contribution in [2.75, 3.05) is 34.2 Å². The summed E-state index contributed by atoms with van der Waals surface area (Å²) in [6.45, 7) is 8.06. The molecule has 0 saturated heterocycles. The minimum Gasteiger partial charge on any atom is -0.534 e. The van der Waals surface area contributed by atoms with Gasteiger partial charge >= 0.3 is 7.12 Å². The lowest BCUT2D eigenvalue weighted by atomic mass is 9.72. The summed E-state index contributed by atoms with van der Waals surface area (Å²) in [5.74, 6) is 0.687. The van der Waals surface area contributed by atoms with Crippen LogP contribution >= 0.6 is 0 Å². The lowest BCUT2D eigenvalue weighted by Gasteiger charge is -2.32. The molecule has 1 aromatic rings. The number of para-hydroxylation sites is 1. The summed E-state index contributed by atoms with van der Waals surface area (Å²) in [6.07, 6.45) is 5.48. The summed E-state index contributed by atoms with van der Waals surface area (Å²) in [4.78, 5) is 12.7. The molecule has 31 heavy (non-hydrogen) atoms. The third-order valence-electron chi connectivity index (χ3n) is 6.46. The largest absolute Gasteiger partial charge is 0.547 e. The Labute approximate surface area is 187 Å². The monoisotopic (exact) mass is 428 g/mol.